The Bertz CT molecular complexity index is 761. The molecule has 0 unspecified atom stereocenters. The van der Waals surface area contributed by atoms with Crippen molar-refractivity contribution in [1.82, 2.24) is 0 Å². The van der Waals surface area contributed by atoms with Gasteiger partial charge in [0, 0.05) is 5.92 Å². The van der Waals surface area contributed by atoms with Crippen LogP contribution in [-0.4, -0.2) is 25.8 Å². The third kappa shape index (κ3) is 6.21. The number of carbonyl (C=O) groups excluding carboxylic acids is 2. The van der Waals surface area contributed by atoms with Gasteiger partial charge in [-0.15, -0.1) is 0 Å². The van der Waals surface area contributed by atoms with E-state index in [1.54, 1.807) is 11.6 Å². The van der Waals surface area contributed by atoms with Gasteiger partial charge >= 0.3 is 0 Å². The number of carbonyl (C=O) groups is 2. The molecule has 0 saturated heterocycles. The smallest absolute Gasteiger partial charge is 0.153 e. The van der Waals surface area contributed by atoms with Crippen LogP contribution in [0.1, 0.15) is 81.0 Å². The van der Waals surface area contributed by atoms with Crippen molar-refractivity contribution in [3.05, 3.63) is 35.4 Å². The Morgan fingerprint density at radius 3 is 2.03 bits per heavy atom. The van der Waals surface area contributed by atoms with Crippen molar-refractivity contribution >= 4 is 12.6 Å². The average Bonchev–Trinajstić information content (AvgIpc) is 2.80. The first-order valence-electron chi connectivity index (χ1n) is 12.2. The molecule has 31 heavy (non-hydrogen) atoms. The van der Waals surface area contributed by atoms with Gasteiger partial charge in [0.05, 0.1) is 18.8 Å². The molecule has 0 aliphatic heterocycles. The Morgan fingerprint density at radius 2 is 1.45 bits per heavy atom. The van der Waals surface area contributed by atoms with Gasteiger partial charge in [0.1, 0.15) is 17.8 Å². The van der Waals surface area contributed by atoms with Crippen LogP contribution < -0.4 is 9.47 Å². The van der Waals surface area contributed by atoms with Gasteiger partial charge in [0.2, 0.25) is 0 Å². The number of hydrogen-bond donors (Lipinski definition) is 0. The summed E-state index contributed by atoms with van der Waals surface area (Å²) in [4.78, 5) is 22.5. The van der Waals surface area contributed by atoms with E-state index in [1.165, 1.54) is 44.9 Å². The normalized spacial score (nSPS) is 28.3. The molecule has 1 aromatic carbocycles. The molecule has 0 N–H and O–H groups in total. The molecule has 3 aliphatic rings. The van der Waals surface area contributed by atoms with Gasteiger partial charge in [-0.25, -0.2) is 0 Å². The third-order valence-electron chi connectivity index (χ3n) is 7.51. The Morgan fingerprint density at radius 1 is 0.806 bits per heavy atom. The van der Waals surface area contributed by atoms with E-state index < -0.39 is 0 Å². The van der Waals surface area contributed by atoms with Crippen LogP contribution in [0, 0.1) is 23.7 Å². The van der Waals surface area contributed by atoms with Gasteiger partial charge in [-0.1, -0.05) is 11.6 Å². The minimum absolute atomic E-state index is 0.216. The van der Waals surface area contributed by atoms with E-state index in [4.69, 9.17) is 9.47 Å². The maximum absolute atomic E-state index is 11.6. The van der Waals surface area contributed by atoms with Crippen molar-refractivity contribution in [2.75, 3.05) is 13.2 Å². The summed E-state index contributed by atoms with van der Waals surface area (Å²) in [5.74, 6) is 3.44. The van der Waals surface area contributed by atoms with Crippen LogP contribution >= 0.6 is 0 Å². The highest BCUT2D eigenvalue weighted by Crippen LogP contribution is 2.35. The van der Waals surface area contributed by atoms with Crippen LogP contribution in [0.15, 0.2) is 29.8 Å². The predicted molar refractivity (Wildman–Crippen MR) is 122 cm³/mol. The van der Waals surface area contributed by atoms with E-state index >= 15 is 0 Å². The molecule has 4 nitrogen and oxygen atoms in total. The number of aldehydes is 2. The summed E-state index contributed by atoms with van der Waals surface area (Å²) in [6.07, 6.45) is 17.4. The molecule has 0 spiro atoms. The highest BCUT2D eigenvalue weighted by Gasteiger charge is 2.23. The summed E-state index contributed by atoms with van der Waals surface area (Å²) in [6, 6.07) is 5.58. The molecule has 168 valence electrons. The Balaban J connectivity index is 1.21. The molecular weight excluding hydrogens is 388 g/mol. The van der Waals surface area contributed by atoms with Gasteiger partial charge in [-0.2, -0.15) is 0 Å². The minimum Gasteiger partial charge on any atom is -0.493 e. The molecule has 0 amide bonds. The van der Waals surface area contributed by atoms with E-state index in [2.05, 4.69) is 6.08 Å². The van der Waals surface area contributed by atoms with Gasteiger partial charge in [-0.05, 0) is 107 Å². The summed E-state index contributed by atoms with van der Waals surface area (Å²) in [6.45, 7) is 1.33. The first-order valence-corrected chi connectivity index (χ1v) is 12.2. The summed E-state index contributed by atoms with van der Waals surface area (Å²) in [5.41, 5.74) is 2.23. The molecule has 4 heteroatoms. The van der Waals surface area contributed by atoms with Crippen LogP contribution in [0.2, 0.25) is 0 Å². The highest BCUT2D eigenvalue weighted by atomic mass is 16.5. The third-order valence-corrected chi connectivity index (χ3v) is 7.51. The summed E-state index contributed by atoms with van der Waals surface area (Å²) in [7, 11) is 0. The van der Waals surface area contributed by atoms with Crippen molar-refractivity contribution in [3.8, 4) is 11.5 Å². The lowest BCUT2D eigenvalue weighted by Gasteiger charge is -2.28. The molecule has 0 aromatic heterocycles. The molecule has 3 aliphatic carbocycles. The van der Waals surface area contributed by atoms with Crippen LogP contribution in [0.5, 0.6) is 11.5 Å². The van der Waals surface area contributed by atoms with Crippen molar-refractivity contribution < 1.29 is 19.1 Å². The lowest BCUT2D eigenvalue weighted by atomic mass is 9.79. The van der Waals surface area contributed by atoms with Crippen LogP contribution in [0.25, 0.3) is 0 Å². The van der Waals surface area contributed by atoms with Crippen molar-refractivity contribution in [1.29, 1.82) is 0 Å². The summed E-state index contributed by atoms with van der Waals surface area (Å²) in [5, 5.41) is 0. The minimum atomic E-state index is 0.216. The Labute approximate surface area is 186 Å². The molecule has 0 bridgehead atoms. The first-order chi connectivity index (χ1) is 15.2. The number of hydrogen-bond acceptors (Lipinski definition) is 4. The zero-order chi connectivity index (χ0) is 21.5. The van der Waals surface area contributed by atoms with E-state index in [0.29, 0.717) is 29.8 Å². The van der Waals surface area contributed by atoms with Crippen molar-refractivity contribution in [3.63, 3.8) is 0 Å². The quantitative estimate of drug-likeness (QED) is 0.351. The van der Waals surface area contributed by atoms with Gasteiger partial charge in [0.15, 0.2) is 6.29 Å². The van der Waals surface area contributed by atoms with E-state index in [0.717, 1.165) is 56.5 Å². The predicted octanol–water partition coefficient (Wildman–Crippen LogP) is 6.18. The SMILES string of the molecule is O=Cc1cc(OCC2CCC(C=C3CCC3)CC2)ccc1OCC1CCC(C=O)CC1. The first kappa shape index (κ1) is 22.1. The number of rotatable bonds is 9. The Kier molecular flexibility index (Phi) is 7.82. The number of ether oxygens (including phenoxy) is 2. The second kappa shape index (κ2) is 11.0. The maximum Gasteiger partial charge on any atom is 0.153 e. The van der Waals surface area contributed by atoms with Gasteiger partial charge < -0.3 is 14.3 Å². The van der Waals surface area contributed by atoms with Crippen molar-refractivity contribution in [2.24, 2.45) is 23.7 Å². The number of allylic oxidation sites excluding steroid dienone is 2. The highest BCUT2D eigenvalue weighted by molar-refractivity contribution is 5.80. The average molecular weight is 425 g/mol. The van der Waals surface area contributed by atoms with E-state index in [1.807, 2.05) is 12.1 Å². The topological polar surface area (TPSA) is 52.6 Å². The zero-order valence-electron chi connectivity index (χ0n) is 18.6. The van der Waals surface area contributed by atoms with Gasteiger partial charge in [-0.3, -0.25) is 4.79 Å². The lowest BCUT2D eigenvalue weighted by molar-refractivity contribution is -0.112. The molecule has 4 rings (SSSR count). The molecule has 0 atom stereocenters. The zero-order valence-corrected chi connectivity index (χ0v) is 18.6. The molecule has 3 fully saturated rings. The molecule has 3 saturated carbocycles. The van der Waals surface area contributed by atoms with Crippen LogP contribution in [0.4, 0.5) is 0 Å². The summed E-state index contributed by atoms with van der Waals surface area (Å²) < 4.78 is 12.0. The maximum atomic E-state index is 11.6. The van der Waals surface area contributed by atoms with Crippen LogP contribution in [0.3, 0.4) is 0 Å². The summed E-state index contributed by atoms with van der Waals surface area (Å²) >= 11 is 0. The fraction of sp³-hybridized carbons (Fsp3) is 0.630. The molecular formula is C27H36O4. The monoisotopic (exact) mass is 424 g/mol. The largest absolute Gasteiger partial charge is 0.493 e. The number of benzene rings is 1. The fourth-order valence-electron chi connectivity index (χ4n) is 5.16. The Hall–Kier alpha value is -2.10. The second-order valence-electron chi connectivity index (χ2n) is 9.82. The fourth-order valence-corrected chi connectivity index (χ4v) is 5.16. The van der Waals surface area contributed by atoms with Crippen molar-refractivity contribution in [2.45, 2.75) is 70.6 Å². The standard InChI is InChI=1S/C27H36O4/c28-16-22-6-10-24(11-7-22)19-31-27-13-12-26(15-25(27)17-29)30-18-23-8-4-21(5-9-23)14-20-2-1-3-20/h12-17,21-24H,1-11,18-19H2. The van der Waals surface area contributed by atoms with E-state index in [9.17, 15) is 9.59 Å². The molecule has 0 heterocycles. The lowest BCUT2D eigenvalue weighted by Crippen LogP contribution is -2.21. The molecule has 0 radical (unpaired) electrons. The van der Waals surface area contributed by atoms with E-state index in [-0.39, 0.29) is 5.92 Å². The van der Waals surface area contributed by atoms with Crippen LogP contribution in [-0.2, 0) is 4.79 Å². The van der Waals surface area contributed by atoms with Gasteiger partial charge in [0.25, 0.3) is 0 Å². The second-order valence-corrected chi connectivity index (χ2v) is 9.82. The molecule has 1 aromatic rings.